The van der Waals surface area contributed by atoms with Gasteiger partial charge in [0.2, 0.25) is 5.91 Å². The van der Waals surface area contributed by atoms with E-state index in [1.807, 2.05) is 32.0 Å². The van der Waals surface area contributed by atoms with Crippen molar-refractivity contribution in [1.29, 1.82) is 0 Å². The molecule has 1 aliphatic heterocycles. The van der Waals surface area contributed by atoms with Crippen LogP contribution in [0.1, 0.15) is 37.0 Å². The Labute approximate surface area is 131 Å². The number of carbonyl (C=O) groups excluding carboxylic acids is 2. The first kappa shape index (κ1) is 16.5. The van der Waals surface area contributed by atoms with E-state index in [-0.39, 0.29) is 23.8 Å². The molecule has 2 amide bonds. The zero-order valence-corrected chi connectivity index (χ0v) is 13.3. The van der Waals surface area contributed by atoms with Crippen LogP contribution in [0.4, 0.5) is 0 Å². The number of amides is 2. The van der Waals surface area contributed by atoms with Crippen molar-refractivity contribution in [3.63, 3.8) is 0 Å². The van der Waals surface area contributed by atoms with Crippen molar-refractivity contribution in [1.82, 2.24) is 10.2 Å². The van der Waals surface area contributed by atoms with Crippen molar-refractivity contribution in [2.45, 2.75) is 38.8 Å². The summed E-state index contributed by atoms with van der Waals surface area (Å²) in [5, 5.41) is 2.90. The molecule has 120 valence electrons. The summed E-state index contributed by atoms with van der Waals surface area (Å²) in [6, 6.07) is 8.54. The predicted molar refractivity (Wildman–Crippen MR) is 86.3 cm³/mol. The van der Waals surface area contributed by atoms with E-state index in [1.54, 1.807) is 17.0 Å². The molecule has 0 saturated carbocycles. The molecule has 1 saturated heterocycles. The molecule has 0 spiro atoms. The highest BCUT2D eigenvalue weighted by Crippen LogP contribution is 2.16. The van der Waals surface area contributed by atoms with E-state index >= 15 is 0 Å². The average molecular weight is 303 g/mol. The summed E-state index contributed by atoms with van der Waals surface area (Å²) < 4.78 is 0. The quantitative estimate of drug-likeness (QED) is 0.863. The minimum absolute atomic E-state index is 0.0217. The fourth-order valence-electron chi connectivity index (χ4n) is 2.68. The van der Waals surface area contributed by atoms with Gasteiger partial charge in [-0.15, -0.1) is 0 Å². The first-order valence-corrected chi connectivity index (χ1v) is 7.93. The molecule has 0 aromatic heterocycles. The van der Waals surface area contributed by atoms with Crippen molar-refractivity contribution in [2.24, 2.45) is 11.7 Å². The molecule has 0 radical (unpaired) electrons. The lowest BCUT2D eigenvalue weighted by molar-refractivity contribution is -0.133. The molecule has 22 heavy (non-hydrogen) atoms. The fourth-order valence-corrected chi connectivity index (χ4v) is 2.68. The molecule has 2 unspecified atom stereocenters. The highest BCUT2D eigenvalue weighted by Gasteiger charge is 2.33. The fraction of sp³-hybridized carbons (Fsp3) is 0.529. The number of hydrogen-bond acceptors (Lipinski definition) is 3. The highest BCUT2D eigenvalue weighted by molar-refractivity contribution is 5.97. The minimum Gasteiger partial charge on any atom is -0.340 e. The van der Waals surface area contributed by atoms with Gasteiger partial charge in [0.1, 0.15) is 6.04 Å². The summed E-state index contributed by atoms with van der Waals surface area (Å²) in [4.78, 5) is 26.8. The lowest BCUT2D eigenvalue weighted by Gasteiger charge is -2.28. The Bertz CT molecular complexity index is 518. The molecule has 3 N–H and O–H groups in total. The van der Waals surface area contributed by atoms with Crippen LogP contribution in [-0.2, 0) is 4.79 Å². The summed E-state index contributed by atoms with van der Waals surface area (Å²) in [6.45, 7) is 5.26. The molecule has 1 fully saturated rings. The van der Waals surface area contributed by atoms with Crippen molar-refractivity contribution in [3.05, 3.63) is 35.9 Å². The maximum absolute atomic E-state index is 12.7. The van der Waals surface area contributed by atoms with E-state index < -0.39 is 6.04 Å². The van der Waals surface area contributed by atoms with Gasteiger partial charge in [-0.05, 0) is 24.5 Å². The van der Waals surface area contributed by atoms with Gasteiger partial charge in [-0.1, -0.05) is 38.5 Å². The third-order valence-electron chi connectivity index (χ3n) is 4.34. The van der Waals surface area contributed by atoms with E-state index in [4.69, 9.17) is 5.73 Å². The molecule has 1 aromatic rings. The van der Waals surface area contributed by atoms with E-state index in [9.17, 15) is 9.59 Å². The van der Waals surface area contributed by atoms with Crippen molar-refractivity contribution in [2.75, 3.05) is 13.1 Å². The van der Waals surface area contributed by atoms with Crippen LogP contribution >= 0.6 is 0 Å². The Kier molecular flexibility index (Phi) is 5.55. The van der Waals surface area contributed by atoms with E-state index in [1.165, 1.54) is 0 Å². The van der Waals surface area contributed by atoms with Crippen molar-refractivity contribution >= 4 is 11.8 Å². The predicted octanol–water partition coefficient (Wildman–Crippen LogP) is 1.39. The summed E-state index contributed by atoms with van der Waals surface area (Å²) in [5.74, 6) is -0.147. The van der Waals surface area contributed by atoms with Crippen LogP contribution in [0.5, 0.6) is 0 Å². The third-order valence-corrected chi connectivity index (χ3v) is 4.34. The average Bonchev–Trinajstić information content (AvgIpc) is 2.98. The number of hydrogen-bond donors (Lipinski definition) is 2. The molecule has 3 atom stereocenters. The van der Waals surface area contributed by atoms with Gasteiger partial charge >= 0.3 is 0 Å². The molecule has 1 heterocycles. The lowest BCUT2D eigenvalue weighted by atomic mass is 9.97. The molecule has 1 aliphatic rings. The van der Waals surface area contributed by atoms with E-state index in [0.29, 0.717) is 18.7 Å². The van der Waals surface area contributed by atoms with E-state index in [2.05, 4.69) is 5.32 Å². The molecule has 2 rings (SSSR count). The van der Waals surface area contributed by atoms with Gasteiger partial charge in [0.15, 0.2) is 0 Å². The largest absolute Gasteiger partial charge is 0.340 e. The van der Waals surface area contributed by atoms with Gasteiger partial charge in [0.05, 0.1) is 0 Å². The van der Waals surface area contributed by atoms with Crippen LogP contribution in [0.2, 0.25) is 0 Å². The van der Waals surface area contributed by atoms with Gasteiger partial charge in [0.25, 0.3) is 5.91 Å². The third kappa shape index (κ3) is 3.85. The molecule has 1 aromatic carbocycles. The Balaban J connectivity index is 2.09. The number of nitrogens with two attached hydrogens (primary N) is 1. The number of rotatable bonds is 5. The van der Waals surface area contributed by atoms with Gasteiger partial charge in [0, 0.05) is 24.7 Å². The Morgan fingerprint density at radius 3 is 2.59 bits per heavy atom. The number of carbonyl (C=O) groups is 2. The standard InChI is InChI=1S/C17H25N3O2/c1-3-12(2)15(17(22)20-10-9-14(18)11-20)19-16(21)13-7-5-4-6-8-13/h4-8,12,14-15H,3,9-11,18H2,1-2H3,(H,19,21)/t12?,14-,15?/m1/s1. The van der Waals surface area contributed by atoms with Crippen molar-refractivity contribution in [3.8, 4) is 0 Å². The Hall–Kier alpha value is -1.88. The van der Waals surface area contributed by atoms with Crippen molar-refractivity contribution < 1.29 is 9.59 Å². The van der Waals surface area contributed by atoms with Gasteiger partial charge in [-0.2, -0.15) is 0 Å². The number of benzene rings is 1. The smallest absolute Gasteiger partial charge is 0.251 e. The second-order valence-electron chi connectivity index (χ2n) is 6.04. The van der Waals surface area contributed by atoms with Gasteiger partial charge < -0.3 is 16.0 Å². The normalized spacial score (nSPS) is 20.5. The zero-order chi connectivity index (χ0) is 16.1. The van der Waals surface area contributed by atoms with E-state index in [0.717, 1.165) is 12.8 Å². The maximum Gasteiger partial charge on any atom is 0.251 e. The molecule has 5 heteroatoms. The van der Waals surface area contributed by atoms with Crippen LogP contribution in [0.25, 0.3) is 0 Å². The summed E-state index contributed by atoms with van der Waals surface area (Å²) in [6.07, 6.45) is 1.65. The van der Waals surface area contributed by atoms with Gasteiger partial charge in [-0.3, -0.25) is 9.59 Å². The lowest BCUT2D eigenvalue weighted by Crippen LogP contribution is -2.51. The monoisotopic (exact) mass is 303 g/mol. The topological polar surface area (TPSA) is 75.4 Å². The Morgan fingerprint density at radius 2 is 2.05 bits per heavy atom. The summed E-state index contributed by atoms with van der Waals surface area (Å²) >= 11 is 0. The minimum atomic E-state index is -0.497. The number of likely N-dealkylation sites (tertiary alicyclic amines) is 1. The van der Waals surface area contributed by atoms with Crippen LogP contribution in [0.3, 0.4) is 0 Å². The number of nitrogens with one attached hydrogen (secondary N) is 1. The van der Waals surface area contributed by atoms with Crippen LogP contribution in [0.15, 0.2) is 30.3 Å². The molecule has 0 bridgehead atoms. The van der Waals surface area contributed by atoms with Gasteiger partial charge in [-0.25, -0.2) is 0 Å². The molecule has 0 aliphatic carbocycles. The second-order valence-corrected chi connectivity index (χ2v) is 6.04. The molecule has 5 nitrogen and oxygen atoms in total. The Morgan fingerprint density at radius 1 is 1.36 bits per heavy atom. The summed E-state index contributed by atoms with van der Waals surface area (Å²) in [5.41, 5.74) is 6.45. The maximum atomic E-state index is 12.7. The summed E-state index contributed by atoms with van der Waals surface area (Å²) in [7, 11) is 0. The van der Waals surface area contributed by atoms with Crippen LogP contribution in [0, 0.1) is 5.92 Å². The molecular weight excluding hydrogens is 278 g/mol. The first-order valence-electron chi connectivity index (χ1n) is 7.93. The zero-order valence-electron chi connectivity index (χ0n) is 13.3. The highest BCUT2D eigenvalue weighted by atomic mass is 16.2. The first-order chi connectivity index (χ1) is 10.5. The second kappa shape index (κ2) is 7.40. The number of nitrogens with zero attached hydrogens (tertiary/aromatic N) is 1. The van der Waals surface area contributed by atoms with Crippen LogP contribution < -0.4 is 11.1 Å². The molecular formula is C17H25N3O2. The van der Waals surface area contributed by atoms with Crippen LogP contribution in [-0.4, -0.2) is 41.9 Å². The SMILES string of the molecule is CCC(C)C(NC(=O)c1ccccc1)C(=O)N1CC[C@@H](N)C1.